The van der Waals surface area contributed by atoms with Gasteiger partial charge in [-0.25, -0.2) is 4.39 Å². The second kappa shape index (κ2) is 9.39. The van der Waals surface area contributed by atoms with Crippen molar-refractivity contribution in [2.75, 3.05) is 19.6 Å². The van der Waals surface area contributed by atoms with E-state index < -0.39 is 0 Å². The molecular weight excluding hydrogens is 402 g/mol. The number of carbonyl (C=O) groups is 2. The minimum atomic E-state index is -0.277. The number of carbonyl (C=O) groups excluding carboxylic acids is 2. The van der Waals surface area contributed by atoms with Gasteiger partial charge in [0.1, 0.15) is 5.82 Å². The third-order valence-corrected chi connectivity index (χ3v) is 5.64. The molecule has 4 nitrogen and oxygen atoms in total. The first-order chi connectivity index (χ1) is 13.5. The summed E-state index contributed by atoms with van der Waals surface area (Å²) in [5.41, 5.74) is 1.03. The van der Waals surface area contributed by atoms with Gasteiger partial charge in [0.15, 0.2) is 0 Å². The molecule has 7 heteroatoms. The first-order valence-electron chi connectivity index (χ1n) is 9.21. The third kappa shape index (κ3) is 5.03. The maximum atomic E-state index is 13.6. The molecule has 0 saturated carbocycles. The van der Waals surface area contributed by atoms with Crippen LogP contribution in [0.2, 0.25) is 10.0 Å². The molecular formula is C21H21Cl2FN2O2. The average molecular weight is 423 g/mol. The molecule has 1 saturated heterocycles. The van der Waals surface area contributed by atoms with E-state index in [1.165, 1.54) is 6.07 Å². The van der Waals surface area contributed by atoms with Gasteiger partial charge in [-0.15, -0.1) is 0 Å². The van der Waals surface area contributed by atoms with Crippen LogP contribution in [0.4, 0.5) is 4.39 Å². The maximum Gasteiger partial charge on any atom is 0.253 e. The monoisotopic (exact) mass is 422 g/mol. The fourth-order valence-corrected chi connectivity index (χ4v) is 3.65. The average Bonchev–Trinajstić information content (AvgIpc) is 2.71. The van der Waals surface area contributed by atoms with E-state index in [9.17, 15) is 14.0 Å². The van der Waals surface area contributed by atoms with E-state index in [1.54, 1.807) is 41.3 Å². The van der Waals surface area contributed by atoms with Gasteiger partial charge >= 0.3 is 0 Å². The minimum absolute atomic E-state index is 0.108. The Morgan fingerprint density at radius 1 is 1.14 bits per heavy atom. The van der Waals surface area contributed by atoms with E-state index in [0.29, 0.717) is 47.2 Å². The molecule has 1 N–H and O–H groups in total. The van der Waals surface area contributed by atoms with Gasteiger partial charge < -0.3 is 10.2 Å². The number of piperidine rings is 1. The molecule has 0 radical (unpaired) electrons. The highest BCUT2D eigenvalue weighted by atomic mass is 35.5. The predicted octanol–water partition coefficient (Wildman–Crippen LogP) is 4.34. The maximum absolute atomic E-state index is 13.6. The van der Waals surface area contributed by atoms with Crippen LogP contribution in [-0.4, -0.2) is 36.3 Å². The number of likely N-dealkylation sites (tertiary alicyclic amines) is 1. The lowest BCUT2D eigenvalue weighted by atomic mass is 9.96. The molecule has 0 bridgehead atoms. The van der Waals surface area contributed by atoms with E-state index in [-0.39, 0.29) is 23.5 Å². The molecule has 0 aromatic heterocycles. The Balaban J connectivity index is 1.55. The molecule has 3 rings (SSSR count). The van der Waals surface area contributed by atoms with Gasteiger partial charge in [-0.2, -0.15) is 0 Å². The first-order valence-corrected chi connectivity index (χ1v) is 9.96. The highest BCUT2D eigenvalue weighted by molar-refractivity contribution is 6.42. The van der Waals surface area contributed by atoms with Crippen molar-refractivity contribution in [3.8, 4) is 0 Å². The summed E-state index contributed by atoms with van der Waals surface area (Å²) in [6.45, 7) is 1.31. The Hall–Kier alpha value is -2.11. The number of hydrogen-bond donors (Lipinski definition) is 1. The number of amides is 2. The molecule has 1 aliphatic heterocycles. The molecule has 148 valence electrons. The number of halogens is 3. The van der Waals surface area contributed by atoms with Gasteiger partial charge in [-0.05, 0) is 49.1 Å². The molecule has 1 fully saturated rings. The number of nitrogens with one attached hydrogen (secondary N) is 1. The quantitative estimate of drug-likeness (QED) is 0.778. The molecule has 0 spiro atoms. The van der Waals surface area contributed by atoms with Crippen LogP contribution in [0.5, 0.6) is 0 Å². The van der Waals surface area contributed by atoms with E-state index >= 15 is 0 Å². The van der Waals surface area contributed by atoms with Crippen molar-refractivity contribution in [1.29, 1.82) is 0 Å². The van der Waals surface area contributed by atoms with Crippen molar-refractivity contribution in [3.05, 3.63) is 69.5 Å². The van der Waals surface area contributed by atoms with Gasteiger partial charge in [-0.3, -0.25) is 9.59 Å². The summed E-state index contributed by atoms with van der Waals surface area (Å²) in [4.78, 5) is 26.9. The van der Waals surface area contributed by atoms with Crippen LogP contribution < -0.4 is 5.32 Å². The Morgan fingerprint density at radius 2 is 1.93 bits per heavy atom. The third-order valence-electron chi connectivity index (χ3n) is 4.90. The van der Waals surface area contributed by atoms with Gasteiger partial charge in [-0.1, -0.05) is 41.4 Å². The van der Waals surface area contributed by atoms with E-state index in [2.05, 4.69) is 5.32 Å². The summed E-state index contributed by atoms with van der Waals surface area (Å²) in [5.74, 6) is -0.820. The summed E-state index contributed by atoms with van der Waals surface area (Å²) in [6.07, 6.45) is 1.90. The van der Waals surface area contributed by atoms with Crippen LogP contribution in [0.15, 0.2) is 42.5 Å². The van der Waals surface area contributed by atoms with Crippen LogP contribution >= 0.6 is 23.2 Å². The summed E-state index contributed by atoms with van der Waals surface area (Å²) in [7, 11) is 0. The Kier molecular flexibility index (Phi) is 6.92. The molecule has 2 aromatic carbocycles. The molecule has 0 aliphatic carbocycles. The van der Waals surface area contributed by atoms with Crippen molar-refractivity contribution >= 4 is 35.0 Å². The van der Waals surface area contributed by atoms with Gasteiger partial charge in [0.05, 0.1) is 16.0 Å². The Bertz CT molecular complexity index is 875. The first kappa shape index (κ1) is 20.6. The predicted molar refractivity (Wildman–Crippen MR) is 108 cm³/mol. The minimum Gasteiger partial charge on any atom is -0.355 e. The Labute approximate surface area is 173 Å². The zero-order valence-corrected chi connectivity index (χ0v) is 16.8. The summed E-state index contributed by atoms with van der Waals surface area (Å²) < 4.78 is 13.6. The summed E-state index contributed by atoms with van der Waals surface area (Å²) >= 11 is 11.9. The second-order valence-electron chi connectivity index (χ2n) is 6.85. The molecule has 1 heterocycles. The van der Waals surface area contributed by atoms with Crippen molar-refractivity contribution in [2.45, 2.75) is 19.3 Å². The lowest BCUT2D eigenvalue weighted by molar-refractivity contribution is -0.126. The highest BCUT2D eigenvalue weighted by Gasteiger charge is 2.29. The second-order valence-corrected chi connectivity index (χ2v) is 7.67. The number of hydrogen-bond acceptors (Lipinski definition) is 2. The van der Waals surface area contributed by atoms with Crippen molar-refractivity contribution in [2.24, 2.45) is 5.92 Å². The SMILES string of the molecule is O=C(NCCc1ccccc1F)C1CCCN(C(=O)c2ccc(Cl)c(Cl)c2)C1. The standard InChI is InChI=1S/C21H21Cl2FN2O2/c22-17-8-7-15(12-18(17)23)21(28)26-11-3-5-16(13-26)20(27)25-10-9-14-4-1-2-6-19(14)24/h1-2,4,6-8,12,16H,3,5,9-11,13H2,(H,25,27). The van der Waals surface area contributed by atoms with Gasteiger partial charge in [0, 0.05) is 25.2 Å². The van der Waals surface area contributed by atoms with Crippen LogP contribution in [-0.2, 0) is 11.2 Å². The summed E-state index contributed by atoms with van der Waals surface area (Å²) in [6, 6.07) is 11.3. The molecule has 2 aromatic rings. The highest BCUT2D eigenvalue weighted by Crippen LogP contribution is 2.25. The molecule has 1 atom stereocenters. The normalized spacial score (nSPS) is 16.7. The number of nitrogens with zero attached hydrogens (tertiary/aromatic N) is 1. The fraction of sp³-hybridized carbons (Fsp3) is 0.333. The number of benzene rings is 2. The molecule has 1 unspecified atom stereocenters. The lowest BCUT2D eigenvalue weighted by Gasteiger charge is -2.32. The molecule has 2 amide bonds. The van der Waals surface area contributed by atoms with Crippen LogP contribution in [0.1, 0.15) is 28.8 Å². The van der Waals surface area contributed by atoms with E-state index in [0.717, 1.165) is 12.8 Å². The van der Waals surface area contributed by atoms with Crippen molar-refractivity contribution < 1.29 is 14.0 Å². The van der Waals surface area contributed by atoms with Crippen molar-refractivity contribution in [3.63, 3.8) is 0 Å². The van der Waals surface area contributed by atoms with Gasteiger partial charge in [0.25, 0.3) is 5.91 Å². The summed E-state index contributed by atoms with van der Waals surface area (Å²) in [5, 5.41) is 3.58. The molecule has 28 heavy (non-hydrogen) atoms. The smallest absolute Gasteiger partial charge is 0.253 e. The van der Waals surface area contributed by atoms with E-state index in [4.69, 9.17) is 23.2 Å². The molecule has 1 aliphatic rings. The zero-order valence-electron chi connectivity index (χ0n) is 15.3. The van der Waals surface area contributed by atoms with Crippen LogP contribution in [0.25, 0.3) is 0 Å². The van der Waals surface area contributed by atoms with Crippen LogP contribution in [0.3, 0.4) is 0 Å². The van der Waals surface area contributed by atoms with Gasteiger partial charge in [0.2, 0.25) is 5.91 Å². The fourth-order valence-electron chi connectivity index (χ4n) is 3.35. The largest absolute Gasteiger partial charge is 0.355 e. The van der Waals surface area contributed by atoms with Crippen LogP contribution in [0, 0.1) is 11.7 Å². The topological polar surface area (TPSA) is 49.4 Å². The zero-order chi connectivity index (χ0) is 20.1. The lowest BCUT2D eigenvalue weighted by Crippen LogP contribution is -2.45. The number of rotatable bonds is 5. The Morgan fingerprint density at radius 3 is 2.68 bits per heavy atom. The van der Waals surface area contributed by atoms with Crippen molar-refractivity contribution in [1.82, 2.24) is 10.2 Å². The van der Waals surface area contributed by atoms with E-state index in [1.807, 2.05) is 0 Å².